The molecule has 1 aromatic rings. The number of primary amides is 1. The zero-order chi connectivity index (χ0) is 8.85. The molecule has 1 heterocycles. The van der Waals surface area contributed by atoms with Gasteiger partial charge >= 0.3 is 11.8 Å². The van der Waals surface area contributed by atoms with E-state index < -0.39 is 5.91 Å². The van der Waals surface area contributed by atoms with Gasteiger partial charge in [-0.3, -0.25) is 4.79 Å². The van der Waals surface area contributed by atoms with Gasteiger partial charge in [-0.15, -0.1) is 0 Å². The number of hydrogen-bond acceptors (Lipinski definition) is 4. The van der Waals surface area contributed by atoms with Gasteiger partial charge in [0.25, 0.3) is 0 Å². The van der Waals surface area contributed by atoms with Crippen LogP contribution in [0.5, 0.6) is 0 Å². The van der Waals surface area contributed by atoms with Gasteiger partial charge in [0.2, 0.25) is 0 Å². The van der Waals surface area contributed by atoms with E-state index in [9.17, 15) is 4.79 Å². The van der Waals surface area contributed by atoms with Crippen molar-refractivity contribution in [2.75, 3.05) is 0 Å². The van der Waals surface area contributed by atoms with Crippen LogP contribution in [0.25, 0.3) is 0 Å². The minimum atomic E-state index is -0.699. The van der Waals surface area contributed by atoms with Crippen molar-refractivity contribution >= 4 is 5.91 Å². The molecule has 1 aromatic heterocycles. The molecule has 2 N–H and O–H groups in total. The Hall–Kier alpha value is -1.39. The second-order valence-corrected chi connectivity index (χ2v) is 1.51. The summed E-state index contributed by atoms with van der Waals surface area (Å²) in [4.78, 5) is 13.8. The molecule has 1 amide bonds. The van der Waals surface area contributed by atoms with Crippen LogP contribution in [0.4, 0.5) is 0 Å². The number of nitrogens with zero attached hydrogens (tertiary/aromatic N) is 2. The SMILES string of the molecule is CC.Cc1noc(C(N)=O)n1. The monoisotopic (exact) mass is 157 g/mol. The highest BCUT2D eigenvalue weighted by Gasteiger charge is 2.06. The highest BCUT2D eigenvalue weighted by molar-refractivity contribution is 5.87. The van der Waals surface area contributed by atoms with Gasteiger partial charge in [0, 0.05) is 0 Å². The Balaban J connectivity index is 0.000000461. The Labute approximate surface area is 64.6 Å². The Kier molecular flexibility index (Phi) is 3.87. The summed E-state index contributed by atoms with van der Waals surface area (Å²) in [5.74, 6) is -0.438. The van der Waals surface area contributed by atoms with Crippen LogP contribution in [0, 0.1) is 6.92 Å². The molecule has 62 valence electrons. The van der Waals surface area contributed by atoms with Crippen LogP contribution in [0.3, 0.4) is 0 Å². The second-order valence-electron chi connectivity index (χ2n) is 1.51. The largest absolute Gasteiger partial charge is 0.361 e. The van der Waals surface area contributed by atoms with Crippen LogP contribution >= 0.6 is 0 Å². The van der Waals surface area contributed by atoms with Gasteiger partial charge in [-0.1, -0.05) is 19.0 Å². The molecule has 0 saturated carbocycles. The van der Waals surface area contributed by atoms with E-state index in [2.05, 4.69) is 14.7 Å². The topological polar surface area (TPSA) is 82.0 Å². The molecule has 0 spiro atoms. The van der Waals surface area contributed by atoms with Crippen molar-refractivity contribution in [1.82, 2.24) is 10.1 Å². The maximum Gasteiger partial charge on any atom is 0.315 e. The first kappa shape index (κ1) is 9.61. The van der Waals surface area contributed by atoms with Crippen LogP contribution in [-0.4, -0.2) is 16.0 Å². The third-order valence-electron chi connectivity index (χ3n) is 0.738. The van der Waals surface area contributed by atoms with Crippen LogP contribution < -0.4 is 5.73 Å². The number of hydrogen-bond donors (Lipinski definition) is 1. The molecule has 0 fully saturated rings. The van der Waals surface area contributed by atoms with Crippen molar-refractivity contribution in [2.24, 2.45) is 5.73 Å². The molecule has 0 aliphatic heterocycles. The lowest BCUT2D eigenvalue weighted by Crippen LogP contribution is -2.10. The minimum Gasteiger partial charge on any atom is -0.361 e. The molecule has 11 heavy (non-hydrogen) atoms. The quantitative estimate of drug-likeness (QED) is 0.643. The van der Waals surface area contributed by atoms with Gasteiger partial charge in [-0.25, -0.2) is 0 Å². The van der Waals surface area contributed by atoms with Gasteiger partial charge in [0.1, 0.15) is 0 Å². The predicted octanol–water partition coefficient (Wildman–Crippen LogP) is 0.503. The molecule has 0 atom stereocenters. The van der Waals surface area contributed by atoms with E-state index >= 15 is 0 Å². The average Bonchev–Trinajstić information content (AvgIpc) is 2.40. The van der Waals surface area contributed by atoms with Crippen molar-refractivity contribution in [3.05, 3.63) is 11.7 Å². The molecular formula is C6H11N3O2. The summed E-state index contributed by atoms with van der Waals surface area (Å²) in [6.45, 7) is 5.61. The third-order valence-corrected chi connectivity index (χ3v) is 0.738. The number of rotatable bonds is 1. The summed E-state index contributed by atoms with van der Waals surface area (Å²) < 4.78 is 4.39. The molecule has 0 saturated heterocycles. The van der Waals surface area contributed by atoms with Crippen molar-refractivity contribution in [2.45, 2.75) is 20.8 Å². The van der Waals surface area contributed by atoms with E-state index in [1.807, 2.05) is 13.8 Å². The van der Waals surface area contributed by atoms with Crippen LogP contribution in [-0.2, 0) is 0 Å². The molecule has 5 heteroatoms. The highest BCUT2D eigenvalue weighted by atomic mass is 16.5. The van der Waals surface area contributed by atoms with E-state index in [1.54, 1.807) is 6.92 Å². The zero-order valence-corrected chi connectivity index (χ0v) is 6.79. The van der Waals surface area contributed by atoms with E-state index in [-0.39, 0.29) is 5.89 Å². The smallest absolute Gasteiger partial charge is 0.315 e. The minimum absolute atomic E-state index is 0.146. The van der Waals surface area contributed by atoms with E-state index in [0.29, 0.717) is 5.82 Å². The summed E-state index contributed by atoms with van der Waals surface area (Å²) >= 11 is 0. The Morgan fingerprint density at radius 2 is 2.09 bits per heavy atom. The first-order valence-electron chi connectivity index (χ1n) is 3.30. The lowest BCUT2D eigenvalue weighted by Gasteiger charge is -1.76. The number of aromatic nitrogens is 2. The molecule has 0 aliphatic carbocycles. The predicted molar refractivity (Wildman–Crippen MR) is 38.9 cm³/mol. The normalized spacial score (nSPS) is 8.27. The Bertz CT molecular complexity index is 231. The molecule has 0 radical (unpaired) electrons. The van der Waals surface area contributed by atoms with E-state index in [0.717, 1.165) is 0 Å². The fraction of sp³-hybridized carbons (Fsp3) is 0.500. The molecular weight excluding hydrogens is 146 g/mol. The number of carbonyl (C=O) groups is 1. The highest BCUT2D eigenvalue weighted by Crippen LogP contribution is 1.91. The maximum absolute atomic E-state index is 10.2. The number of carbonyl (C=O) groups excluding carboxylic acids is 1. The van der Waals surface area contributed by atoms with Gasteiger partial charge in [-0.2, -0.15) is 4.98 Å². The second kappa shape index (κ2) is 4.43. The van der Waals surface area contributed by atoms with Crippen molar-refractivity contribution in [1.29, 1.82) is 0 Å². The summed E-state index contributed by atoms with van der Waals surface area (Å²) in [5.41, 5.74) is 4.79. The number of amides is 1. The Morgan fingerprint density at radius 3 is 2.27 bits per heavy atom. The lowest BCUT2D eigenvalue weighted by atomic mass is 10.6. The first-order chi connectivity index (χ1) is 5.20. The maximum atomic E-state index is 10.2. The van der Waals surface area contributed by atoms with E-state index in [1.165, 1.54) is 0 Å². The fourth-order valence-corrected chi connectivity index (χ4v) is 0.397. The van der Waals surface area contributed by atoms with Gasteiger partial charge in [0.15, 0.2) is 5.82 Å². The summed E-state index contributed by atoms with van der Waals surface area (Å²) in [6, 6.07) is 0. The molecule has 1 rings (SSSR count). The van der Waals surface area contributed by atoms with Gasteiger partial charge in [-0.05, 0) is 6.92 Å². The van der Waals surface area contributed by atoms with Crippen LogP contribution in [0.2, 0.25) is 0 Å². The van der Waals surface area contributed by atoms with Crippen LogP contribution in [0.1, 0.15) is 30.4 Å². The molecule has 0 bridgehead atoms. The standard InChI is InChI=1S/C4H5N3O2.C2H6/c1-2-6-4(3(5)8)9-7-2;1-2/h1H3,(H2,5,8);1-2H3. The molecule has 0 unspecified atom stereocenters. The Morgan fingerprint density at radius 1 is 1.55 bits per heavy atom. The molecule has 5 nitrogen and oxygen atoms in total. The number of nitrogens with two attached hydrogens (primary N) is 1. The lowest BCUT2D eigenvalue weighted by molar-refractivity contribution is 0.0958. The number of aryl methyl sites for hydroxylation is 1. The summed E-state index contributed by atoms with van der Waals surface area (Å²) in [6.07, 6.45) is 0. The molecule has 0 aliphatic rings. The van der Waals surface area contributed by atoms with Gasteiger partial charge < -0.3 is 10.3 Å². The third kappa shape index (κ3) is 2.79. The summed E-state index contributed by atoms with van der Waals surface area (Å²) in [7, 11) is 0. The first-order valence-corrected chi connectivity index (χ1v) is 3.30. The zero-order valence-electron chi connectivity index (χ0n) is 6.79. The fourth-order valence-electron chi connectivity index (χ4n) is 0.397. The van der Waals surface area contributed by atoms with E-state index in [4.69, 9.17) is 5.73 Å². The van der Waals surface area contributed by atoms with Crippen molar-refractivity contribution in [3.63, 3.8) is 0 Å². The van der Waals surface area contributed by atoms with Crippen molar-refractivity contribution < 1.29 is 9.32 Å². The average molecular weight is 157 g/mol. The van der Waals surface area contributed by atoms with Crippen molar-refractivity contribution in [3.8, 4) is 0 Å². The van der Waals surface area contributed by atoms with Crippen LogP contribution in [0.15, 0.2) is 4.52 Å². The van der Waals surface area contributed by atoms with Gasteiger partial charge in [0.05, 0.1) is 0 Å². The molecule has 0 aromatic carbocycles. The summed E-state index contributed by atoms with van der Waals surface area (Å²) in [5, 5.41) is 3.35.